The third-order valence-electron chi connectivity index (χ3n) is 5.50. The third kappa shape index (κ3) is 4.16. The number of aryl methyl sites for hydroxylation is 1. The van der Waals surface area contributed by atoms with Crippen LogP contribution < -0.4 is 0 Å². The molecule has 1 fully saturated rings. The smallest absolute Gasteiger partial charge is 0.155 e. The van der Waals surface area contributed by atoms with Crippen molar-refractivity contribution in [1.82, 2.24) is 19.4 Å². The Bertz CT molecular complexity index is 1060. The lowest BCUT2D eigenvalue weighted by Gasteiger charge is -2.34. The van der Waals surface area contributed by atoms with Crippen LogP contribution in [0.3, 0.4) is 0 Å². The first-order valence-electron chi connectivity index (χ1n) is 9.88. The van der Waals surface area contributed by atoms with Crippen molar-refractivity contribution in [2.24, 2.45) is 7.05 Å². The van der Waals surface area contributed by atoms with Crippen LogP contribution in [-0.4, -0.2) is 57.2 Å². The third-order valence-corrected chi connectivity index (χ3v) is 5.50. The zero-order valence-electron chi connectivity index (χ0n) is 16.6. The number of allylic oxidation sites excluding steroid dienone is 1. The molecule has 1 aromatic heterocycles. The monoisotopic (exact) mass is 387 g/mol. The number of fused-ring (bicyclic) bond motifs is 1. The van der Waals surface area contributed by atoms with E-state index in [2.05, 4.69) is 45.1 Å². The minimum absolute atomic E-state index is 0.0856. The van der Waals surface area contributed by atoms with Crippen molar-refractivity contribution in [3.63, 3.8) is 0 Å². The Labute approximate surface area is 170 Å². The van der Waals surface area contributed by atoms with Gasteiger partial charge in [0.1, 0.15) is 17.4 Å². The number of nitrogens with zero attached hydrogens (tertiary/aromatic N) is 5. The highest BCUT2D eigenvalue weighted by Gasteiger charge is 2.21. The summed E-state index contributed by atoms with van der Waals surface area (Å²) in [6.07, 6.45) is 0. The van der Waals surface area contributed by atoms with Crippen LogP contribution in [0.4, 0.5) is 0 Å². The molecule has 1 saturated heterocycles. The number of imidazole rings is 1. The summed E-state index contributed by atoms with van der Waals surface area (Å²) >= 11 is 0. The maximum atomic E-state index is 10.7. The topological polar surface area (TPSA) is 68.3 Å². The molecule has 0 bridgehead atoms. The van der Waals surface area contributed by atoms with Crippen LogP contribution >= 0.6 is 0 Å². The van der Waals surface area contributed by atoms with Gasteiger partial charge in [-0.05, 0) is 17.7 Å². The fourth-order valence-corrected chi connectivity index (χ4v) is 3.85. The van der Waals surface area contributed by atoms with Crippen LogP contribution in [0, 0.1) is 11.3 Å². The standard InChI is InChI=1S/C23H25N5O/c1-26-21-10-6-5-9-20(21)25-23(26)19(15-24)22(29)17-28-13-11-27(12-14-28)16-18-7-3-2-4-8-18/h2-10,29H,11-14,16-17H2,1H3/b22-19-. The summed E-state index contributed by atoms with van der Waals surface area (Å²) in [4.78, 5) is 9.16. The Hall–Kier alpha value is -3.14. The number of rotatable bonds is 5. The number of aliphatic hydroxyl groups excluding tert-OH is 1. The van der Waals surface area contributed by atoms with E-state index in [0.29, 0.717) is 12.4 Å². The van der Waals surface area contributed by atoms with Gasteiger partial charge in [-0.15, -0.1) is 0 Å². The highest BCUT2D eigenvalue weighted by Crippen LogP contribution is 2.22. The highest BCUT2D eigenvalue weighted by atomic mass is 16.3. The quantitative estimate of drug-likeness (QED) is 0.538. The van der Waals surface area contributed by atoms with Crippen LogP contribution in [0.2, 0.25) is 0 Å². The van der Waals surface area contributed by atoms with Crippen LogP contribution in [0.25, 0.3) is 16.6 Å². The van der Waals surface area contributed by atoms with Crippen molar-refractivity contribution in [3.05, 3.63) is 71.7 Å². The molecule has 6 heteroatoms. The molecule has 1 aliphatic heterocycles. The molecule has 0 radical (unpaired) electrons. The normalized spacial score (nSPS) is 16.6. The lowest BCUT2D eigenvalue weighted by molar-refractivity contribution is 0.125. The van der Waals surface area contributed by atoms with E-state index in [1.54, 1.807) is 0 Å². The summed E-state index contributed by atoms with van der Waals surface area (Å²) in [5.41, 5.74) is 3.32. The zero-order chi connectivity index (χ0) is 20.2. The SMILES string of the molecule is Cn1c(/C(C#N)=C(\O)CN2CCN(Cc3ccccc3)CC2)nc2ccccc21. The molecule has 0 unspecified atom stereocenters. The highest BCUT2D eigenvalue weighted by molar-refractivity contribution is 5.83. The predicted molar refractivity (Wildman–Crippen MR) is 114 cm³/mol. The number of benzene rings is 2. The summed E-state index contributed by atoms with van der Waals surface area (Å²) in [5.74, 6) is 0.594. The van der Waals surface area contributed by atoms with E-state index in [0.717, 1.165) is 43.8 Å². The molecule has 1 aliphatic rings. The van der Waals surface area contributed by atoms with Gasteiger partial charge in [0.15, 0.2) is 5.82 Å². The van der Waals surface area contributed by atoms with Crippen LogP contribution in [-0.2, 0) is 13.6 Å². The van der Waals surface area contributed by atoms with Crippen molar-refractivity contribution in [2.45, 2.75) is 6.54 Å². The van der Waals surface area contributed by atoms with Gasteiger partial charge in [-0.3, -0.25) is 9.80 Å². The van der Waals surface area contributed by atoms with E-state index in [9.17, 15) is 10.4 Å². The van der Waals surface area contributed by atoms with Gasteiger partial charge in [-0.1, -0.05) is 42.5 Å². The first kappa shape index (κ1) is 19.2. The van der Waals surface area contributed by atoms with Gasteiger partial charge in [0.25, 0.3) is 0 Å². The molecule has 0 atom stereocenters. The Morgan fingerprint density at radius 1 is 1.00 bits per heavy atom. The zero-order valence-corrected chi connectivity index (χ0v) is 16.6. The largest absolute Gasteiger partial charge is 0.509 e. The predicted octanol–water partition coefficient (Wildman–Crippen LogP) is 3.18. The van der Waals surface area contributed by atoms with Crippen molar-refractivity contribution in [1.29, 1.82) is 5.26 Å². The lowest BCUT2D eigenvalue weighted by atomic mass is 10.2. The van der Waals surface area contributed by atoms with E-state index >= 15 is 0 Å². The van der Waals surface area contributed by atoms with Crippen molar-refractivity contribution in [2.75, 3.05) is 32.7 Å². The van der Waals surface area contributed by atoms with Crippen LogP contribution in [0.5, 0.6) is 0 Å². The minimum Gasteiger partial charge on any atom is -0.509 e. The Morgan fingerprint density at radius 2 is 1.66 bits per heavy atom. The molecule has 0 amide bonds. The van der Waals surface area contributed by atoms with Gasteiger partial charge in [-0.25, -0.2) is 4.98 Å². The van der Waals surface area contributed by atoms with Gasteiger partial charge < -0.3 is 9.67 Å². The summed E-state index contributed by atoms with van der Waals surface area (Å²) in [6.45, 7) is 4.91. The fraction of sp³-hybridized carbons (Fsp3) is 0.304. The van der Waals surface area contributed by atoms with E-state index in [4.69, 9.17) is 0 Å². The van der Waals surface area contributed by atoms with Gasteiger partial charge in [-0.2, -0.15) is 5.26 Å². The molecule has 0 aliphatic carbocycles. The second-order valence-electron chi connectivity index (χ2n) is 7.45. The maximum absolute atomic E-state index is 10.7. The first-order chi connectivity index (χ1) is 14.2. The number of hydrogen-bond donors (Lipinski definition) is 1. The van der Waals surface area contributed by atoms with Crippen LogP contribution in [0.1, 0.15) is 11.4 Å². The average molecular weight is 387 g/mol. The van der Waals surface area contributed by atoms with Gasteiger partial charge in [0.2, 0.25) is 0 Å². The van der Waals surface area contributed by atoms with Gasteiger partial charge in [0, 0.05) is 39.8 Å². The Kier molecular flexibility index (Phi) is 5.61. The fourth-order valence-electron chi connectivity index (χ4n) is 3.85. The van der Waals surface area contributed by atoms with E-state index in [1.165, 1.54) is 5.56 Å². The second kappa shape index (κ2) is 8.48. The summed E-state index contributed by atoms with van der Waals surface area (Å²) in [5, 5.41) is 20.4. The maximum Gasteiger partial charge on any atom is 0.155 e. The molecule has 1 N–H and O–H groups in total. The molecule has 6 nitrogen and oxygen atoms in total. The van der Waals surface area contributed by atoms with E-state index in [-0.39, 0.29) is 11.3 Å². The van der Waals surface area contributed by atoms with Crippen LogP contribution in [0.15, 0.2) is 60.4 Å². The van der Waals surface area contributed by atoms with E-state index in [1.807, 2.05) is 41.9 Å². The van der Waals surface area contributed by atoms with Crippen molar-refractivity contribution < 1.29 is 5.11 Å². The first-order valence-corrected chi connectivity index (χ1v) is 9.88. The number of aromatic nitrogens is 2. The molecule has 29 heavy (non-hydrogen) atoms. The molecule has 3 aromatic rings. The molecule has 2 aromatic carbocycles. The molecule has 0 spiro atoms. The molecule has 148 valence electrons. The number of para-hydroxylation sites is 2. The number of piperazine rings is 1. The summed E-state index contributed by atoms with van der Waals surface area (Å²) < 4.78 is 1.86. The molecular weight excluding hydrogens is 362 g/mol. The average Bonchev–Trinajstić information content (AvgIpc) is 3.07. The summed E-state index contributed by atoms with van der Waals surface area (Å²) in [6, 6.07) is 20.4. The Morgan fingerprint density at radius 3 is 2.34 bits per heavy atom. The number of hydrogen-bond acceptors (Lipinski definition) is 5. The van der Waals surface area contributed by atoms with Gasteiger partial charge >= 0.3 is 0 Å². The Balaban J connectivity index is 1.43. The van der Waals surface area contributed by atoms with Crippen molar-refractivity contribution in [3.8, 4) is 6.07 Å². The lowest BCUT2D eigenvalue weighted by Crippen LogP contribution is -2.46. The van der Waals surface area contributed by atoms with Gasteiger partial charge in [0.05, 0.1) is 17.6 Å². The number of aliphatic hydroxyl groups is 1. The molecule has 2 heterocycles. The summed E-state index contributed by atoms with van der Waals surface area (Å²) in [7, 11) is 1.87. The number of nitriles is 1. The molecular formula is C23H25N5O. The second-order valence-corrected chi connectivity index (χ2v) is 7.45. The molecule has 4 rings (SSSR count). The van der Waals surface area contributed by atoms with Crippen molar-refractivity contribution >= 4 is 16.6 Å². The molecule has 0 saturated carbocycles. The minimum atomic E-state index is 0.0856. The van der Waals surface area contributed by atoms with E-state index < -0.39 is 0 Å².